The number of piperidine rings is 1. The number of likely N-dealkylation sites (tertiary alicyclic amines) is 1. The Morgan fingerprint density at radius 2 is 1.53 bits per heavy atom. The predicted octanol–water partition coefficient (Wildman–Crippen LogP) is 5.44. The first-order chi connectivity index (χ1) is 17.8. The molecule has 0 unspecified atom stereocenters. The molecule has 2 saturated heterocycles. The number of hydrogen-bond donors (Lipinski definition) is 0. The van der Waals surface area contributed by atoms with Crippen molar-refractivity contribution in [3.8, 4) is 16.9 Å². The minimum atomic E-state index is 0.0787. The summed E-state index contributed by atoms with van der Waals surface area (Å²) in [5.74, 6) is 1.51. The summed E-state index contributed by atoms with van der Waals surface area (Å²) in [5.41, 5.74) is 4.80. The maximum Gasteiger partial charge on any atom is 0.260 e. The van der Waals surface area contributed by atoms with Gasteiger partial charge in [-0.05, 0) is 60.9 Å². The molecule has 0 saturated carbocycles. The van der Waals surface area contributed by atoms with Crippen LogP contribution in [0.2, 0.25) is 0 Å². The highest BCUT2D eigenvalue weighted by Gasteiger charge is 2.23. The maximum absolute atomic E-state index is 12.9. The lowest BCUT2D eigenvalue weighted by Crippen LogP contribution is -2.41. The summed E-state index contributed by atoms with van der Waals surface area (Å²) < 4.78 is 11.4. The van der Waals surface area contributed by atoms with Crippen molar-refractivity contribution >= 4 is 11.6 Å². The van der Waals surface area contributed by atoms with Gasteiger partial charge in [-0.1, -0.05) is 60.7 Å². The Hall–Kier alpha value is -3.31. The number of hydrogen-bond acceptors (Lipinski definition) is 4. The van der Waals surface area contributed by atoms with Gasteiger partial charge in [-0.15, -0.1) is 0 Å². The molecule has 5 nitrogen and oxygen atoms in total. The van der Waals surface area contributed by atoms with Crippen LogP contribution in [-0.2, 0) is 16.0 Å². The van der Waals surface area contributed by atoms with Crippen LogP contribution in [0.1, 0.15) is 24.8 Å². The van der Waals surface area contributed by atoms with Gasteiger partial charge in [0.1, 0.15) is 5.75 Å². The molecule has 0 atom stereocenters. The van der Waals surface area contributed by atoms with Crippen LogP contribution in [0.15, 0.2) is 78.9 Å². The van der Waals surface area contributed by atoms with Crippen LogP contribution in [0.4, 0.5) is 5.69 Å². The van der Waals surface area contributed by atoms with Gasteiger partial charge in [0.05, 0.1) is 13.2 Å². The number of carbonyl (C=O) groups is 1. The van der Waals surface area contributed by atoms with Crippen molar-refractivity contribution < 1.29 is 14.3 Å². The van der Waals surface area contributed by atoms with Crippen LogP contribution < -0.4 is 9.64 Å². The molecule has 188 valence electrons. The van der Waals surface area contributed by atoms with Crippen LogP contribution in [0.25, 0.3) is 11.1 Å². The number of nitrogens with zero attached hydrogens (tertiary/aromatic N) is 2. The molecular weight excluding hydrogens is 448 g/mol. The summed E-state index contributed by atoms with van der Waals surface area (Å²) in [4.78, 5) is 17.2. The van der Waals surface area contributed by atoms with Crippen molar-refractivity contribution in [2.24, 2.45) is 5.92 Å². The van der Waals surface area contributed by atoms with E-state index in [9.17, 15) is 4.79 Å². The zero-order valence-corrected chi connectivity index (χ0v) is 21.0. The minimum absolute atomic E-state index is 0.0787. The molecule has 1 amide bonds. The smallest absolute Gasteiger partial charge is 0.260 e. The van der Waals surface area contributed by atoms with E-state index >= 15 is 0 Å². The number of benzene rings is 3. The molecule has 2 fully saturated rings. The molecule has 0 N–H and O–H groups in total. The van der Waals surface area contributed by atoms with Crippen LogP contribution in [0.5, 0.6) is 5.75 Å². The molecule has 0 radical (unpaired) electrons. The number of carbonyl (C=O) groups excluding carboxylic acids is 1. The monoisotopic (exact) mass is 484 g/mol. The molecular formula is C31H36N2O3. The predicted molar refractivity (Wildman–Crippen MR) is 144 cm³/mol. The number of anilines is 1. The fourth-order valence-electron chi connectivity index (χ4n) is 5.22. The van der Waals surface area contributed by atoms with Gasteiger partial charge in [0.15, 0.2) is 6.61 Å². The Labute approximate surface area is 214 Å². The van der Waals surface area contributed by atoms with Crippen molar-refractivity contribution in [2.45, 2.75) is 25.7 Å². The normalized spacial score (nSPS) is 16.7. The quantitative estimate of drug-likeness (QED) is 0.427. The molecule has 2 aliphatic rings. The van der Waals surface area contributed by atoms with E-state index in [2.05, 4.69) is 41.3 Å². The summed E-state index contributed by atoms with van der Waals surface area (Å²) in [6.45, 7) is 5.31. The minimum Gasteiger partial charge on any atom is -0.483 e. The van der Waals surface area contributed by atoms with Crippen LogP contribution >= 0.6 is 0 Å². The number of amides is 1. The van der Waals surface area contributed by atoms with E-state index < -0.39 is 0 Å². The first-order valence-electron chi connectivity index (χ1n) is 13.2. The summed E-state index contributed by atoms with van der Waals surface area (Å²) in [7, 11) is 0. The third-order valence-corrected chi connectivity index (χ3v) is 7.44. The summed E-state index contributed by atoms with van der Waals surface area (Å²) in [6, 6.07) is 27.1. The fourth-order valence-corrected chi connectivity index (χ4v) is 5.22. The lowest BCUT2D eigenvalue weighted by atomic mass is 9.90. The number of rotatable bonds is 8. The molecule has 0 bridgehead atoms. The van der Waals surface area contributed by atoms with E-state index in [1.807, 2.05) is 47.4 Å². The lowest BCUT2D eigenvalue weighted by molar-refractivity contribution is -0.134. The van der Waals surface area contributed by atoms with Gasteiger partial charge < -0.3 is 19.3 Å². The van der Waals surface area contributed by atoms with Crippen molar-refractivity contribution in [3.05, 3.63) is 84.4 Å². The van der Waals surface area contributed by atoms with E-state index in [0.717, 1.165) is 75.5 Å². The van der Waals surface area contributed by atoms with Gasteiger partial charge >= 0.3 is 0 Å². The molecule has 5 rings (SSSR count). The highest BCUT2D eigenvalue weighted by atomic mass is 16.5. The Morgan fingerprint density at radius 1 is 0.833 bits per heavy atom. The van der Waals surface area contributed by atoms with E-state index in [-0.39, 0.29) is 12.5 Å². The van der Waals surface area contributed by atoms with Crippen molar-refractivity contribution in [1.82, 2.24) is 4.90 Å². The molecule has 0 aliphatic carbocycles. The average molecular weight is 485 g/mol. The number of ether oxygens (including phenoxy) is 2. The van der Waals surface area contributed by atoms with Gasteiger partial charge in [-0.25, -0.2) is 0 Å². The summed E-state index contributed by atoms with van der Waals surface area (Å²) in [6.07, 6.45) is 4.41. The van der Waals surface area contributed by atoms with Crippen molar-refractivity contribution in [1.29, 1.82) is 0 Å². The van der Waals surface area contributed by atoms with Gasteiger partial charge in [0.25, 0.3) is 5.91 Å². The second kappa shape index (κ2) is 12.1. The Bertz CT molecular complexity index is 1100. The Morgan fingerprint density at radius 3 is 2.28 bits per heavy atom. The van der Waals surface area contributed by atoms with E-state index in [1.165, 1.54) is 17.7 Å². The van der Waals surface area contributed by atoms with E-state index in [1.54, 1.807) is 0 Å². The van der Waals surface area contributed by atoms with Gasteiger partial charge in [0, 0.05) is 37.4 Å². The topological polar surface area (TPSA) is 42.0 Å². The molecule has 0 spiro atoms. The molecule has 5 heteroatoms. The highest BCUT2D eigenvalue weighted by Crippen LogP contribution is 2.30. The Kier molecular flexibility index (Phi) is 8.19. The van der Waals surface area contributed by atoms with E-state index in [4.69, 9.17) is 9.47 Å². The average Bonchev–Trinajstić information content (AvgIpc) is 2.96. The molecule has 36 heavy (non-hydrogen) atoms. The summed E-state index contributed by atoms with van der Waals surface area (Å²) >= 11 is 0. The number of para-hydroxylation sites is 1. The Balaban J connectivity index is 1.06. The molecule has 3 aromatic rings. The summed E-state index contributed by atoms with van der Waals surface area (Å²) in [5, 5.41) is 0. The zero-order chi connectivity index (χ0) is 24.6. The third-order valence-electron chi connectivity index (χ3n) is 7.44. The van der Waals surface area contributed by atoms with Crippen molar-refractivity contribution in [3.63, 3.8) is 0 Å². The van der Waals surface area contributed by atoms with Crippen molar-refractivity contribution in [2.75, 3.05) is 50.9 Å². The second-order valence-corrected chi connectivity index (χ2v) is 9.78. The van der Waals surface area contributed by atoms with Gasteiger partial charge in [-0.3, -0.25) is 4.79 Å². The van der Waals surface area contributed by atoms with E-state index in [0.29, 0.717) is 5.92 Å². The second-order valence-electron chi connectivity index (χ2n) is 9.78. The third kappa shape index (κ3) is 6.27. The maximum atomic E-state index is 12.9. The van der Waals surface area contributed by atoms with Gasteiger partial charge in [-0.2, -0.15) is 0 Å². The van der Waals surface area contributed by atoms with Gasteiger partial charge in [0.2, 0.25) is 0 Å². The largest absolute Gasteiger partial charge is 0.483 e. The lowest BCUT2D eigenvalue weighted by Gasteiger charge is -2.32. The van der Waals surface area contributed by atoms with Crippen LogP contribution in [0.3, 0.4) is 0 Å². The highest BCUT2D eigenvalue weighted by molar-refractivity contribution is 5.78. The first kappa shape index (κ1) is 24.4. The molecule has 2 heterocycles. The number of aryl methyl sites for hydroxylation is 1. The zero-order valence-electron chi connectivity index (χ0n) is 21.0. The first-order valence-corrected chi connectivity index (χ1v) is 13.2. The van der Waals surface area contributed by atoms with Crippen LogP contribution in [-0.4, -0.2) is 56.8 Å². The molecule has 3 aromatic carbocycles. The SMILES string of the molecule is O=C(COc1ccccc1-c1ccccc1)N1CCC(CCc2ccc(N3CCOCC3)cc2)CC1. The van der Waals surface area contributed by atoms with Crippen LogP contribution in [0, 0.1) is 5.92 Å². The standard InChI is InChI=1S/C31H36N2O3/c34-31(24-36-30-9-5-4-8-29(30)27-6-2-1-3-7-27)33-18-16-26(17-19-33)11-10-25-12-14-28(15-13-25)32-20-22-35-23-21-32/h1-9,12-15,26H,10-11,16-24H2. The molecule has 0 aromatic heterocycles. The molecule has 2 aliphatic heterocycles. The number of morpholine rings is 1. The fraction of sp³-hybridized carbons (Fsp3) is 0.387.